The predicted molar refractivity (Wildman–Crippen MR) is 76.2 cm³/mol. The van der Waals surface area contributed by atoms with E-state index in [0.717, 1.165) is 13.1 Å². The van der Waals surface area contributed by atoms with Crippen molar-refractivity contribution in [3.05, 3.63) is 21.1 Å². The molecule has 0 saturated heterocycles. The first-order chi connectivity index (χ1) is 9.02. The van der Waals surface area contributed by atoms with Gasteiger partial charge in [0, 0.05) is 19.2 Å². The molecule has 0 aromatic carbocycles. The van der Waals surface area contributed by atoms with Crippen molar-refractivity contribution >= 4 is 27.8 Å². The highest BCUT2D eigenvalue weighted by molar-refractivity contribution is 7.18. The SMILES string of the molecule is CCN(CC1CCC1)c1sc(C(C)=O)cc1[N+](=O)[O-]. The van der Waals surface area contributed by atoms with Crippen LogP contribution in [0.2, 0.25) is 0 Å². The Labute approximate surface area is 116 Å². The maximum absolute atomic E-state index is 11.4. The molecule has 0 unspecified atom stereocenters. The zero-order valence-electron chi connectivity index (χ0n) is 11.2. The number of anilines is 1. The number of thiophene rings is 1. The van der Waals surface area contributed by atoms with E-state index in [4.69, 9.17) is 0 Å². The first-order valence-corrected chi connectivity index (χ1v) is 7.38. The minimum Gasteiger partial charge on any atom is -0.358 e. The van der Waals surface area contributed by atoms with Crippen molar-refractivity contribution in [2.45, 2.75) is 33.1 Å². The Bertz CT molecular complexity index is 494. The van der Waals surface area contributed by atoms with Crippen molar-refractivity contribution in [3.8, 4) is 0 Å². The topological polar surface area (TPSA) is 63.5 Å². The van der Waals surface area contributed by atoms with Crippen LogP contribution >= 0.6 is 11.3 Å². The number of nitro groups is 1. The molecule has 0 N–H and O–H groups in total. The Hall–Kier alpha value is -1.43. The maximum Gasteiger partial charge on any atom is 0.304 e. The van der Waals surface area contributed by atoms with Crippen molar-refractivity contribution in [1.29, 1.82) is 0 Å². The fourth-order valence-corrected chi connectivity index (χ4v) is 3.34. The summed E-state index contributed by atoms with van der Waals surface area (Å²) in [5.74, 6) is 0.529. The lowest BCUT2D eigenvalue weighted by Crippen LogP contribution is -2.32. The fraction of sp³-hybridized carbons (Fsp3) is 0.615. The molecule has 1 aliphatic carbocycles. The molecule has 0 aliphatic heterocycles. The number of ketones is 1. The summed E-state index contributed by atoms with van der Waals surface area (Å²) < 4.78 is 0. The average Bonchev–Trinajstić information content (AvgIpc) is 2.73. The highest BCUT2D eigenvalue weighted by atomic mass is 32.1. The van der Waals surface area contributed by atoms with Crippen LogP contribution in [0, 0.1) is 16.0 Å². The standard InChI is InChI=1S/C13H18N2O3S/c1-3-14(8-10-5-4-6-10)13-11(15(17)18)7-12(19-13)9(2)16/h7,10H,3-6,8H2,1-2H3. The molecule has 1 aromatic heterocycles. The zero-order valence-corrected chi connectivity index (χ0v) is 12.0. The molecule has 1 aliphatic rings. The van der Waals surface area contributed by atoms with E-state index in [0.29, 0.717) is 15.8 Å². The van der Waals surface area contributed by atoms with Gasteiger partial charge >= 0.3 is 5.69 Å². The molecule has 1 fully saturated rings. The lowest BCUT2D eigenvalue weighted by atomic mass is 9.85. The van der Waals surface area contributed by atoms with Gasteiger partial charge in [0.05, 0.1) is 9.80 Å². The van der Waals surface area contributed by atoms with E-state index in [2.05, 4.69) is 0 Å². The number of carbonyl (C=O) groups is 1. The van der Waals surface area contributed by atoms with Gasteiger partial charge < -0.3 is 4.90 Å². The summed E-state index contributed by atoms with van der Waals surface area (Å²) in [4.78, 5) is 24.6. The fourth-order valence-electron chi connectivity index (χ4n) is 2.25. The number of nitrogens with zero attached hydrogens (tertiary/aromatic N) is 2. The molecule has 19 heavy (non-hydrogen) atoms. The van der Waals surface area contributed by atoms with Crippen LogP contribution in [0.1, 0.15) is 42.8 Å². The molecule has 104 valence electrons. The lowest BCUT2D eigenvalue weighted by molar-refractivity contribution is -0.383. The molecule has 0 bridgehead atoms. The Kier molecular flexibility index (Phi) is 4.19. The summed E-state index contributed by atoms with van der Waals surface area (Å²) in [6.07, 6.45) is 3.66. The van der Waals surface area contributed by atoms with Crippen LogP contribution < -0.4 is 4.90 Å². The molecule has 0 radical (unpaired) electrons. The van der Waals surface area contributed by atoms with E-state index >= 15 is 0 Å². The van der Waals surface area contributed by atoms with Crippen LogP contribution in [0.3, 0.4) is 0 Å². The van der Waals surface area contributed by atoms with Gasteiger partial charge in [0.15, 0.2) is 10.8 Å². The van der Waals surface area contributed by atoms with Crippen molar-refractivity contribution in [2.75, 3.05) is 18.0 Å². The van der Waals surface area contributed by atoms with Crippen LogP contribution in [0.25, 0.3) is 0 Å². The van der Waals surface area contributed by atoms with Crippen LogP contribution in [0.5, 0.6) is 0 Å². The quantitative estimate of drug-likeness (QED) is 0.455. The third-order valence-corrected chi connectivity index (χ3v) is 4.90. The molecular weight excluding hydrogens is 264 g/mol. The molecule has 0 spiro atoms. The predicted octanol–water partition coefficient (Wildman–Crippen LogP) is 3.49. The summed E-state index contributed by atoms with van der Waals surface area (Å²) in [5, 5.41) is 11.8. The van der Waals surface area contributed by atoms with Gasteiger partial charge in [-0.25, -0.2) is 0 Å². The Balaban J connectivity index is 2.28. The number of rotatable bonds is 6. The number of Topliss-reactive ketones (excluding diaryl/α,β-unsaturated/α-hetero) is 1. The van der Waals surface area contributed by atoms with Gasteiger partial charge in [-0.15, -0.1) is 11.3 Å². The van der Waals surface area contributed by atoms with Crippen molar-refractivity contribution < 1.29 is 9.72 Å². The molecule has 2 rings (SSSR count). The van der Waals surface area contributed by atoms with E-state index in [1.807, 2.05) is 11.8 Å². The van der Waals surface area contributed by atoms with Gasteiger partial charge in [-0.05, 0) is 32.6 Å². The molecule has 0 atom stereocenters. The number of carbonyl (C=O) groups excluding carboxylic acids is 1. The second-order valence-corrected chi connectivity index (χ2v) is 5.98. The molecule has 1 saturated carbocycles. The number of hydrogen-bond donors (Lipinski definition) is 0. The Morgan fingerprint density at radius 3 is 2.68 bits per heavy atom. The zero-order chi connectivity index (χ0) is 14.0. The second kappa shape index (κ2) is 5.69. The molecule has 5 nitrogen and oxygen atoms in total. The van der Waals surface area contributed by atoms with E-state index in [9.17, 15) is 14.9 Å². The van der Waals surface area contributed by atoms with Crippen molar-refractivity contribution in [3.63, 3.8) is 0 Å². The van der Waals surface area contributed by atoms with Crippen molar-refractivity contribution in [1.82, 2.24) is 0 Å². The third kappa shape index (κ3) is 2.94. The Morgan fingerprint density at radius 2 is 2.26 bits per heavy atom. The normalized spacial score (nSPS) is 15.1. The molecule has 6 heteroatoms. The van der Waals surface area contributed by atoms with Gasteiger partial charge in [-0.2, -0.15) is 0 Å². The van der Waals surface area contributed by atoms with Crippen LogP contribution in [-0.4, -0.2) is 23.8 Å². The Morgan fingerprint density at radius 1 is 1.58 bits per heavy atom. The third-order valence-electron chi connectivity index (χ3n) is 3.61. The highest BCUT2D eigenvalue weighted by Crippen LogP contribution is 2.39. The van der Waals surface area contributed by atoms with Crippen molar-refractivity contribution in [2.24, 2.45) is 5.92 Å². The van der Waals surface area contributed by atoms with E-state index in [1.165, 1.54) is 43.6 Å². The maximum atomic E-state index is 11.4. The van der Waals surface area contributed by atoms with Gasteiger partial charge in [0.1, 0.15) is 0 Å². The largest absolute Gasteiger partial charge is 0.358 e. The number of hydrogen-bond acceptors (Lipinski definition) is 5. The summed E-state index contributed by atoms with van der Waals surface area (Å²) in [7, 11) is 0. The molecular formula is C13H18N2O3S. The van der Waals surface area contributed by atoms with Gasteiger partial charge in [0.2, 0.25) is 0 Å². The van der Waals surface area contributed by atoms with Gasteiger partial charge in [-0.3, -0.25) is 14.9 Å². The second-order valence-electron chi connectivity index (χ2n) is 4.95. The summed E-state index contributed by atoms with van der Waals surface area (Å²) in [6.45, 7) is 5.03. The highest BCUT2D eigenvalue weighted by Gasteiger charge is 2.27. The van der Waals surface area contributed by atoms with Crippen LogP contribution in [0.15, 0.2) is 6.07 Å². The first kappa shape index (κ1) is 14.0. The monoisotopic (exact) mass is 282 g/mol. The molecule has 0 amide bonds. The average molecular weight is 282 g/mol. The minimum absolute atomic E-state index is 0.0661. The van der Waals surface area contributed by atoms with Crippen LogP contribution in [-0.2, 0) is 0 Å². The smallest absolute Gasteiger partial charge is 0.304 e. The van der Waals surface area contributed by atoms with E-state index in [1.54, 1.807) is 0 Å². The van der Waals surface area contributed by atoms with E-state index in [-0.39, 0.29) is 16.4 Å². The lowest BCUT2D eigenvalue weighted by Gasteiger charge is -2.31. The van der Waals surface area contributed by atoms with Gasteiger partial charge in [-0.1, -0.05) is 6.42 Å². The summed E-state index contributed by atoms with van der Waals surface area (Å²) in [5.41, 5.74) is 0.0661. The first-order valence-electron chi connectivity index (χ1n) is 6.57. The van der Waals surface area contributed by atoms with Gasteiger partial charge in [0.25, 0.3) is 0 Å². The summed E-state index contributed by atoms with van der Waals surface area (Å²) >= 11 is 1.24. The van der Waals surface area contributed by atoms with E-state index < -0.39 is 0 Å². The van der Waals surface area contributed by atoms with Crippen LogP contribution in [0.4, 0.5) is 10.7 Å². The summed E-state index contributed by atoms with van der Waals surface area (Å²) in [6, 6.07) is 1.41. The minimum atomic E-state index is -0.387. The molecule has 1 heterocycles. The molecule has 1 aromatic rings.